The Morgan fingerprint density at radius 3 is 2.54 bits per heavy atom. The molecular formula is C20H30N4O3S. The van der Waals surface area contributed by atoms with Crippen LogP contribution < -0.4 is 0 Å². The van der Waals surface area contributed by atoms with E-state index in [0.717, 1.165) is 49.0 Å². The lowest BCUT2D eigenvalue weighted by Gasteiger charge is -2.29. The zero-order valence-electron chi connectivity index (χ0n) is 16.8. The first-order valence-electron chi connectivity index (χ1n) is 10.3. The number of morpholine rings is 1. The fraction of sp³-hybridized carbons (Fsp3) is 0.650. The number of benzene rings is 1. The Bertz CT molecular complexity index is 926. The molecule has 2 aromatic rings. The molecular weight excluding hydrogens is 376 g/mol. The summed E-state index contributed by atoms with van der Waals surface area (Å²) in [6, 6.07) is 5.35. The fourth-order valence-electron chi connectivity index (χ4n) is 4.15. The highest BCUT2D eigenvalue weighted by molar-refractivity contribution is 7.89. The molecule has 0 bridgehead atoms. The maximum Gasteiger partial charge on any atom is 0.243 e. The molecule has 2 aliphatic heterocycles. The van der Waals surface area contributed by atoms with Gasteiger partial charge in [0.05, 0.1) is 35.7 Å². The Morgan fingerprint density at radius 1 is 1.14 bits per heavy atom. The Kier molecular flexibility index (Phi) is 5.73. The molecule has 7 nitrogen and oxygen atoms in total. The second kappa shape index (κ2) is 8.10. The number of fused-ring (bicyclic) bond motifs is 1. The predicted octanol–water partition coefficient (Wildman–Crippen LogP) is 2.31. The minimum Gasteiger partial charge on any atom is -0.379 e. The molecule has 1 aromatic heterocycles. The van der Waals surface area contributed by atoms with Gasteiger partial charge in [-0.05, 0) is 57.0 Å². The minimum atomic E-state index is -3.50. The van der Waals surface area contributed by atoms with Gasteiger partial charge in [0.15, 0.2) is 0 Å². The lowest BCUT2D eigenvalue weighted by Crippen LogP contribution is -2.40. The third-order valence-electron chi connectivity index (χ3n) is 5.96. The number of rotatable bonds is 5. The van der Waals surface area contributed by atoms with Crippen molar-refractivity contribution in [3.05, 3.63) is 24.0 Å². The van der Waals surface area contributed by atoms with Gasteiger partial charge in [-0.25, -0.2) is 13.4 Å². The highest BCUT2D eigenvalue weighted by Gasteiger charge is 2.27. The second-order valence-corrected chi connectivity index (χ2v) is 9.84. The van der Waals surface area contributed by atoms with Crippen LogP contribution in [0.1, 0.15) is 32.5 Å². The van der Waals surface area contributed by atoms with Gasteiger partial charge in [0.25, 0.3) is 0 Å². The first kappa shape index (κ1) is 19.8. The van der Waals surface area contributed by atoms with Gasteiger partial charge in [-0.1, -0.05) is 6.92 Å². The largest absolute Gasteiger partial charge is 0.379 e. The molecule has 2 fully saturated rings. The number of aromatic nitrogens is 2. The van der Waals surface area contributed by atoms with Crippen molar-refractivity contribution in [2.75, 3.05) is 39.4 Å². The van der Waals surface area contributed by atoms with E-state index in [1.807, 2.05) is 6.07 Å². The third kappa shape index (κ3) is 3.83. The first-order valence-corrected chi connectivity index (χ1v) is 11.7. The van der Waals surface area contributed by atoms with E-state index in [4.69, 9.17) is 9.72 Å². The van der Waals surface area contributed by atoms with E-state index in [-0.39, 0.29) is 0 Å². The molecule has 0 aliphatic carbocycles. The van der Waals surface area contributed by atoms with Gasteiger partial charge >= 0.3 is 0 Å². The lowest BCUT2D eigenvalue weighted by atomic mass is 9.99. The molecule has 2 saturated heterocycles. The van der Waals surface area contributed by atoms with Crippen LogP contribution in [0.3, 0.4) is 0 Å². The van der Waals surface area contributed by atoms with Crippen molar-refractivity contribution in [1.82, 2.24) is 18.8 Å². The summed E-state index contributed by atoms with van der Waals surface area (Å²) in [5.74, 6) is 1.82. The van der Waals surface area contributed by atoms with Crippen LogP contribution in [0.4, 0.5) is 0 Å². The van der Waals surface area contributed by atoms with Crippen LogP contribution in [0.25, 0.3) is 11.0 Å². The molecule has 0 spiro atoms. The van der Waals surface area contributed by atoms with Crippen LogP contribution in [0, 0.1) is 5.92 Å². The van der Waals surface area contributed by atoms with Gasteiger partial charge in [0, 0.05) is 19.6 Å². The first-order chi connectivity index (χ1) is 13.5. The van der Waals surface area contributed by atoms with Crippen LogP contribution in [0.5, 0.6) is 0 Å². The van der Waals surface area contributed by atoms with Crippen LogP contribution in [0.2, 0.25) is 0 Å². The van der Waals surface area contributed by atoms with E-state index in [9.17, 15) is 8.42 Å². The molecule has 4 rings (SSSR count). The standard InChI is InChI=1S/C20H30N4O3S/c1-3-24-19-5-4-17(28(25,26)23-10-12-27-13-11-23)14-18(19)21-20(24)15-22-8-6-16(2)7-9-22/h4-5,14,16H,3,6-13,15H2,1-2H3. The summed E-state index contributed by atoms with van der Waals surface area (Å²) in [6.07, 6.45) is 2.46. The zero-order chi connectivity index (χ0) is 19.7. The SMILES string of the molecule is CCn1c(CN2CCC(C)CC2)nc2cc(S(=O)(=O)N3CCOCC3)ccc21. The Balaban J connectivity index is 1.62. The normalized spacial score (nSPS) is 20.8. The summed E-state index contributed by atoms with van der Waals surface area (Å²) >= 11 is 0. The maximum absolute atomic E-state index is 13.0. The van der Waals surface area contributed by atoms with Gasteiger partial charge < -0.3 is 9.30 Å². The number of imidazole rings is 1. The molecule has 0 N–H and O–H groups in total. The van der Waals surface area contributed by atoms with E-state index < -0.39 is 10.0 Å². The smallest absolute Gasteiger partial charge is 0.243 e. The summed E-state index contributed by atoms with van der Waals surface area (Å²) < 4.78 is 34.9. The number of aryl methyl sites for hydroxylation is 1. The molecule has 0 saturated carbocycles. The van der Waals surface area contributed by atoms with Crippen molar-refractivity contribution in [2.24, 2.45) is 5.92 Å². The second-order valence-electron chi connectivity index (χ2n) is 7.90. The molecule has 0 radical (unpaired) electrons. The van der Waals surface area contributed by atoms with Crippen LogP contribution >= 0.6 is 0 Å². The predicted molar refractivity (Wildman–Crippen MR) is 109 cm³/mol. The van der Waals surface area contributed by atoms with Gasteiger partial charge in [-0.15, -0.1) is 0 Å². The lowest BCUT2D eigenvalue weighted by molar-refractivity contribution is 0.0730. The number of hydrogen-bond donors (Lipinski definition) is 0. The maximum atomic E-state index is 13.0. The summed E-state index contributed by atoms with van der Waals surface area (Å²) in [5.41, 5.74) is 1.76. The quantitative estimate of drug-likeness (QED) is 0.762. The average Bonchev–Trinajstić information content (AvgIpc) is 3.06. The van der Waals surface area contributed by atoms with E-state index in [2.05, 4.69) is 23.3 Å². The molecule has 8 heteroatoms. The molecule has 0 unspecified atom stereocenters. The summed E-state index contributed by atoms with van der Waals surface area (Å²) in [4.78, 5) is 7.61. The third-order valence-corrected chi connectivity index (χ3v) is 7.86. The monoisotopic (exact) mass is 406 g/mol. The van der Waals surface area contributed by atoms with Crippen molar-refractivity contribution >= 4 is 21.1 Å². The summed E-state index contributed by atoms with van der Waals surface area (Å²) in [6.45, 7) is 9.98. The van der Waals surface area contributed by atoms with E-state index >= 15 is 0 Å². The molecule has 28 heavy (non-hydrogen) atoms. The molecule has 154 valence electrons. The number of ether oxygens (including phenoxy) is 1. The van der Waals surface area contributed by atoms with Crippen LogP contribution in [0.15, 0.2) is 23.1 Å². The van der Waals surface area contributed by atoms with Crippen molar-refractivity contribution in [2.45, 2.75) is 44.7 Å². The molecule has 3 heterocycles. The zero-order valence-corrected chi connectivity index (χ0v) is 17.6. The fourth-order valence-corrected chi connectivity index (χ4v) is 5.58. The Labute approximate surface area is 167 Å². The van der Waals surface area contributed by atoms with E-state index in [1.54, 1.807) is 12.1 Å². The van der Waals surface area contributed by atoms with Gasteiger partial charge in [-0.3, -0.25) is 4.90 Å². The number of piperidine rings is 1. The highest BCUT2D eigenvalue weighted by atomic mass is 32.2. The minimum absolute atomic E-state index is 0.320. The Morgan fingerprint density at radius 2 is 1.86 bits per heavy atom. The summed E-state index contributed by atoms with van der Waals surface area (Å²) in [7, 11) is -3.50. The van der Waals surface area contributed by atoms with E-state index in [0.29, 0.717) is 31.2 Å². The number of likely N-dealkylation sites (tertiary alicyclic amines) is 1. The topological polar surface area (TPSA) is 67.7 Å². The van der Waals surface area contributed by atoms with Gasteiger partial charge in [-0.2, -0.15) is 4.31 Å². The van der Waals surface area contributed by atoms with Gasteiger partial charge in [0.1, 0.15) is 5.82 Å². The molecule has 0 atom stereocenters. The number of nitrogens with zero attached hydrogens (tertiary/aromatic N) is 4. The number of sulfonamides is 1. The van der Waals surface area contributed by atoms with Crippen molar-refractivity contribution in [1.29, 1.82) is 0 Å². The van der Waals surface area contributed by atoms with Crippen molar-refractivity contribution < 1.29 is 13.2 Å². The van der Waals surface area contributed by atoms with E-state index in [1.165, 1.54) is 17.1 Å². The van der Waals surface area contributed by atoms with Crippen molar-refractivity contribution in [3.8, 4) is 0 Å². The Hall–Kier alpha value is -1.48. The molecule has 1 aromatic carbocycles. The van der Waals surface area contributed by atoms with Crippen molar-refractivity contribution in [3.63, 3.8) is 0 Å². The average molecular weight is 407 g/mol. The molecule has 2 aliphatic rings. The van der Waals surface area contributed by atoms with Crippen LogP contribution in [-0.4, -0.2) is 66.6 Å². The van der Waals surface area contributed by atoms with Crippen LogP contribution in [-0.2, 0) is 27.8 Å². The highest BCUT2D eigenvalue weighted by Crippen LogP contribution is 2.25. The number of hydrogen-bond acceptors (Lipinski definition) is 5. The summed E-state index contributed by atoms with van der Waals surface area (Å²) in [5, 5.41) is 0. The van der Waals surface area contributed by atoms with Gasteiger partial charge in [0.2, 0.25) is 10.0 Å². The molecule has 0 amide bonds.